The lowest BCUT2D eigenvalue weighted by molar-refractivity contribution is 0.442. The fourth-order valence-electron chi connectivity index (χ4n) is 2.06. The molecule has 2 aromatic carbocycles. The summed E-state index contributed by atoms with van der Waals surface area (Å²) in [6.45, 7) is 1.95. The van der Waals surface area contributed by atoms with Gasteiger partial charge in [-0.1, -0.05) is 34.1 Å². The predicted molar refractivity (Wildman–Crippen MR) is 75.8 cm³/mol. The van der Waals surface area contributed by atoms with E-state index in [1.165, 1.54) is 0 Å². The SMILES string of the molecule is CC(Br)c1ccc2c(c1)S(=O)(=O)c1ccccc1O2. The molecule has 0 fully saturated rings. The van der Waals surface area contributed by atoms with E-state index in [1.54, 1.807) is 36.4 Å². The van der Waals surface area contributed by atoms with Crippen molar-refractivity contribution in [1.82, 2.24) is 0 Å². The average molecular weight is 339 g/mol. The minimum absolute atomic E-state index is 0.0881. The van der Waals surface area contributed by atoms with Gasteiger partial charge in [0.15, 0.2) is 0 Å². The van der Waals surface area contributed by atoms with Crippen molar-refractivity contribution in [3.63, 3.8) is 0 Å². The highest BCUT2D eigenvalue weighted by atomic mass is 79.9. The Hall–Kier alpha value is -1.33. The lowest BCUT2D eigenvalue weighted by Crippen LogP contribution is -2.11. The van der Waals surface area contributed by atoms with E-state index in [0.29, 0.717) is 11.5 Å². The number of rotatable bonds is 1. The number of fused-ring (bicyclic) bond motifs is 2. The summed E-state index contributed by atoms with van der Waals surface area (Å²) in [4.78, 5) is 0.544. The quantitative estimate of drug-likeness (QED) is 0.628. The van der Waals surface area contributed by atoms with Crippen molar-refractivity contribution >= 4 is 25.8 Å². The van der Waals surface area contributed by atoms with Crippen molar-refractivity contribution in [3.8, 4) is 11.5 Å². The second-order valence-corrected chi connectivity index (χ2v) is 7.63. The Morgan fingerprint density at radius 1 is 1.05 bits per heavy atom. The number of benzene rings is 2. The Balaban J connectivity index is 2.26. The molecule has 1 atom stereocenters. The van der Waals surface area contributed by atoms with Crippen LogP contribution in [0.5, 0.6) is 11.5 Å². The number of ether oxygens (including phenoxy) is 1. The van der Waals surface area contributed by atoms with Gasteiger partial charge in [-0.15, -0.1) is 0 Å². The molecular weight excluding hydrogens is 328 g/mol. The second kappa shape index (κ2) is 4.35. The van der Waals surface area contributed by atoms with Gasteiger partial charge in [-0.05, 0) is 36.8 Å². The molecule has 3 nitrogen and oxygen atoms in total. The van der Waals surface area contributed by atoms with E-state index >= 15 is 0 Å². The fraction of sp³-hybridized carbons (Fsp3) is 0.143. The predicted octanol–water partition coefficient (Wildman–Crippen LogP) is 4.08. The lowest BCUT2D eigenvalue weighted by Gasteiger charge is -2.21. The van der Waals surface area contributed by atoms with Crippen molar-refractivity contribution < 1.29 is 13.2 Å². The van der Waals surface area contributed by atoms with Gasteiger partial charge in [0.2, 0.25) is 9.84 Å². The number of para-hydroxylation sites is 1. The molecule has 0 N–H and O–H groups in total. The van der Waals surface area contributed by atoms with Crippen LogP contribution >= 0.6 is 15.9 Å². The first-order valence-electron chi connectivity index (χ1n) is 5.80. The smallest absolute Gasteiger partial charge is 0.213 e. The average Bonchev–Trinajstić information content (AvgIpc) is 2.38. The third-order valence-electron chi connectivity index (χ3n) is 3.08. The van der Waals surface area contributed by atoms with Crippen molar-refractivity contribution in [1.29, 1.82) is 0 Å². The van der Waals surface area contributed by atoms with Crippen LogP contribution in [-0.2, 0) is 9.84 Å². The molecule has 1 unspecified atom stereocenters. The molecule has 0 amide bonds. The van der Waals surface area contributed by atoms with Crippen LogP contribution in [0.25, 0.3) is 0 Å². The van der Waals surface area contributed by atoms with E-state index in [0.717, 1.165) is 5.56 Å². The molecule has 1 aliphatic heterocycles. The van der Waals surface area contributed by atoms with Crippen LogP contribution in [0, 0.1) is 0 Å². The van der Waals surface area contributed by atoms with Gasteiger partial charge >= 0.3 is 0 Å². The van der Waals surface area contributed by atoms with Crippen molar-refractivity contribution in [2.75, 3.05) is 0 Å². The number of sulfone groups is 1. The Morgan fingerprint density at radius 2 is 1.74 bits per heavy atom. The normalized spacial score (nSPS) is 16.9. The molecule has 0 radical (unpaired) electrons. The minimum atomic E-state index is -3.50. The van der Waals surface area contributed by atoms with E-state index in [1.807, 2.05) is 13.0 Å². The molecule has 0 saturated heterocycles. The zero-order valence-electron chi connectivity index (χ0n) is 10.1. The largest absolute Gasteiger partial charge is 0.455 e. The highest BCUT2D eigenvalue weighted by Crippen LogP contribution is 2.43. The van der Waals surface area contributed by atoms with Crippen molar-refractivity contribution in [2.45, 2.75) is 21.5 Å². The Labute approximate surface area is 120 Å². The van der Waals surface area contributed by atoms with Crippen molar-refractivity contribution in [2.24, 2.45) is 0 Å². The number of hydrogen-bond donors (Lipinski definition) is 0. The van der Waals surface area contributed by atoms with E-state index in [9.17, 15) is 8.42 Å². The standard InChI is InChI=1S/C14H11BrO3S/c1-9(15)10-6-7-12-14(8-10)19(16,17)13-5-3-2-4-11(13)18-12/h2-9H,1H3. The van der Waals surface area contributed by atoms with Crippen LogP contribution in [0.2, 0.25) is 0 Å². The highest BCUT2D eigenvalue weighted by Gasteiger charge is 2.31. The maximum atomic E-state index is 12.6. The Bertz CT molecular complexity index is 751. The number of hydrogen-bond acceptors (Lipinski definition) is 3. The molecule has 1 aliphatic rings. The van der Waals surface area contributed by atoms with Gasteiger partial charge in [-0.3, -0.25) is 0 Å². The van der Waals surface area contributed by atoms with Crippen molar-refractivity contribution in [3.05, 3.63) is 48.0 Å². The van der Waals surface area contributed by atoms with Gasteiger partial charge in [0.1, 0.15) is 21.3 Å². The summed E-state index contributed by atoms with van der Waals surface area (Å²) in [6, 6.07) is 11.9. The molecule has 0 aromatic heterocycles. The van der Waals surface area contributed by atoms with Gasteiger partial charge in [0.25, 0.3) is 0 Å². The third-order valence-corrected chi connectivity index (χ3v) is 5.42. The molecule has 3 rings (SSSR count). The maximum absolute atomic E-state index is 12.6. The minimum Gasteiger partial charge on any atom is -0.455 e. The first-order valence-corrected chi connectivity index (χ1v) is 8.20. The molecule has 0 spiro atoms. The summed E-state index contributed by atoms with van der Waals surface area (Å²) in [5, 5.41) is 0. The lowest BCUT2D eigenvalue weighted by atomic mass is 10.1. The Morgan fingerprint density at radius 3 is 2.47 bits per heavy atom. The fourth-order valence-corrected chi connectivity index (χ4v) is 3.88. The Kier molecular flexibility index (Phi) is 2.91. The summed E-state index contributed by atoms with van der Waals surface area (Å²) in [5.41, 5.74) is 0.908. The van der Waals surface area contributed by atoms with Gasteiger partial charge in [-0.2, -0.15) is 0 Å². The van der Waals surface area contributed by atoms with Crippen LogP contribution in [0.3, 0.4) is 0 Å². The van der Waals surface area contributed by atoms with E-state index in [-0.39, 0.29) is 14.6 Å². The van der Waals surface area contributed by atoms with Gasteiger partial charge in [-0.25, -0.2) is 8.42 Å². The van der Waals surface area contributed by atoms with Gasteiger partial charge in [0.05, 0.1) is 0 Å². The molecule has 1 heterocycles. The van der Waals surface area contributed by atoms with Crippen LogP contribution < -0.4 is 4.74 Å². The zero-order chi connectivity index (χ0) is 13.6. The molecule has 0 bridgehead atoms. The molecule has 2 aromatic rings. The molecular formula is C14H11BrO3S. The summed E-state index contributed by atoms with van der Waals surface area (Å²) in [6.07, 6.45) is 0. The third kappa shape index (κ3) is 1.97. The molecule has 0 saturated carbocycles. The zero-order valence-corrected chi connectivity index (χ0v) is 12.5. The van der Waals surface area contributed by atoms with E-state index < -0.39 is 9.84 Å². The number of halogens is 1. The first-order chi connectivity index (χ1) is 9.00. The second-order valence-electron chi connectivity index (χ2n) is 4.37. The summed E-state index contributed by atoms with van der Waals surface area (Å²) >= 11 is 3.44. The van der Waals surface area contributed by atoms with Gasteiger partial charge < -0.3 is 4.74 Å². The van der Waals surface area contributed by atoms with Crippen LogP contribution in [0.1, 0.15) is 17.3 Å². The summed E-state index contributed by atoms with van der Waals surface area (Å²) < 4.78 is 30.8. The highest BCUT2D eigenvalue weighted by molar-refractivity contribution is 9.09. The van der Waals surface area contributed by atoms with E-state index in [4.69, 9.17) is 4.74 Å². The summed E-state index contributed by atoms with van der Waals surface area (Å²) in [7, 11) is -3.50. The molecule has 0 aliphatic carbocycles. The first kappa shape index (κ1) is 12.7. The maximum Gasteiger partial charge on any atom is 0.213 e. The van der Waals surface area contributed by atoms with Crippen LogP contribution in [-0.4, -0.2) is 8.42 Å². The summed E-state index contributed by atoms with van der Waals surface area (Å²) in [5.74, 6) is 0.769. The number of alkyl halides is 1. The molecule has 19 heavy (non-hydrogen) atoms. The van der Waals surface area contributed by atoms with E-state index in [2.05, 4.69) is 15.9 Å². The van der Waals surface area contributed by atoms with Crippen LogP contribution in [0.15, 0.2) is 52.3 Å². The topological polar surface area (TPSA) is 43.4 Å². The van der Waals surface area contributed by atoms with Crippen LogP contribution in [0.4, 0.5) is 0 Å². The molecule has 98 valence electrons. The van der Waals surface area contributed by atoms with Gasteiger partial charge in [0, 0.05) is 4.83 Å². The monoisotopic (exact) mass is 338 g/mol. The molecule has 5 heteroatoms.